The van der Waals surface area contributed by atoms with Crippen molar-refractivity contribution in [3.63, 3.8) is 0 Å². The summed E-state index contributed by atoms with van der Waals surface area (Å²) >= 11 is 1.09. The van der Waals surface area contributed by atoms with Crippen LogP contribution >= 0.6 is 11.3 Å². The van der Waals surface area contributed by atoms with E-state index < -0.39 is 22.4 Å². The minimum atomic E-state index is -3.33. The highest BCUT2D eigenvalue weighted by Gasteiger charge is 2.18. The minimum Gasteiger partial charge on any atom is -0.482 e. The summed E-state index contributed by atoms with van der Waals surface area (Å²) in [5.41, 5.74) is 0.832. The van der Waals surface area contributed by atoms with Crippen molar-refractivity contribution in [1.29, 1.82) is 0 Å². The molecule has 0 spiro atoms. The summed E-state index contributed by atoms with van der Waals surface area (Å²) in [5, 5.41) is 10.0. The Morgan fingerprint density at radius 1 is 1.24 bits per heavy atom. The van der Waals surface area contributed by atoms with Gasteiger partial charge in [-0.2, -0.15) is 0 Å². The Hall–Kier alpha value is -2.39. The van der Waals surface area contributed by atoms with Gasteiger partial charge in [-0.1, -0.05) is 12.1 Å². The van der Waals surface area contributed by atoms with Crippen molar-refractivity contribution in [3.8, 4) is 5.75 Å². The van der Waals surface area contributed by atoms with Gasteiger partial charge in [0.2, 0.25) is 0 Å². The predicted octanol–water partition coefficient (Wildman–Crippen LogP) is 1.89. The number of carbonyl (C=O) groups excluding carboxylic acids is 1. The number of benzene rings is 1. The molecule has 0 aliphatic carbocycles. The van der Waals surface area contributed by atoms with E-state index in [1.165, 1.54) is 16.3 Å². The molecule has 9 heteroatoms. The number of thiophene rings is 1. The molecule has 1 amide bonds. The van der Waals surface area contributed by atoms with Crippen molar-refractivity contribution < 1.29 is 27.9 Å². The van der Waals surface area contributed by atoms with Crippen LogP contribution in [0.4, 0.5) is 0 Å². The first-order valence-corrected chi connectivity index (χ1v) is 9.91. The Balaban J connectivity index is 2.01. The lowest BCUT2D eigenvalue weighted by molar-refractivity contribution is -0.139. The molecule has 1 heterocycles. The van der Waals surface area contributed by atoms with E-state index in [0.29, 0.717) is 17.2 Å². The number of sulfone groups is 1. The molecule has 0 bridgehead atoms. The van der Waals surface area contributed by atoms with E-state index in [1.54, 1.807) is 31.3 Å². The maximum Gasteiger partial charge on any atom is 0.341 e. The zero-order chi connectivity index (χ0) is 18.6. The molecule has 134 valence electrons. The number of hydrogen-bond acceptors (Lipinski definition) is 6. The Kier molecular flexibility index (Phi) is 5.81. The highest BCUT2D eigenvalue weighted by Crippen LogP contribution is 2.21. The lowest BCUT2D eigenvalue weighted by atomic mass is 10.2. The highest BCUT2D eigenvalue weighted by atomic mass is 32.2. The maximum atomic E-state index is 12.4. The maximum absolute atomic E-state index is 12.4. The van der Waals surface area contributed by atoms with Crippen LogP contribution in [0, 0.1) is 0 Å². The largest absolute Gasteiger partial charge is 0.482 e. The van der Waals surface area contributed by atoms with Gasteiger partial charge in [-0.05, 0) is 23.8 Å². The molecule has 0 unspecified atom stereocenters. The number of rotatable bonds is 7. The fourth-order valence-electron chi connectivity index (χ4n) is 2.00. The third-order valence-corrected chi connectivity index (χ3v) is 5.43. The summed E-state index contributed by atoms with van der Waals surface area (Å²) in [7, 11) is -1.71. The second kappa shape index (κ2) is 7.66. The fourth-order valence-corrected chi connectivity index (χ4v) is 4.01. The molecule has 1 N–H and O–H groups in total. The van der Waals surface area contributed by atoms with Crippen LogP contribution in [0.15, 0.2) is 40.6 Å². The van der Waals surface area contributed by atoms with Gasteiger partial charge in [0.25, 0.3) is 5.91 Å². The van der Waals surface area contributed by atoms with Gasteiger partial charge in [0.15, 0.2) is 16.4 Å². The molecule has 0 radical (unpaired) electrons. The topological polar surface area (TPSA) is 101 Å². The van der Waals surface area contributed by atoms with Crippen LogP contribution in [0.25, 0.3) is 0 Å². The summed E-state index contributed by atoms with van der Waals surface area (Å²) in [6.45, 7) is -0.0943. The van der Waals surface area contributed by atoms with Gasteiger partial charge in [-0.25, -0.2) is 13.2 Å². The number of aliphatic carboxylic acids is 1. The zero-order valence-electron chi connectivity index (χ0n) is 13.6. The van der Waals surface area contributed by atoms with Gasteiger partial charge in [0, 0.05) is 25.2 Å². The Labute approximate surface area is 149 Å². The molecular formula is C16H17NO6S2. The van der Waals surface area contributed by atoms with E-state index in [4.69, 9.17) is 9.84 Å². The molecule has 25 heavy (non-hydrogen) atoms. The average Bonchev–Trinajstić information content (AvgIpc) is 3.03. The second-order valence-corrected chi connectivity index (χ2v) is 8.33. The molecule has 0 saturated carbocycles. The summed E-state index contributed by atoms with van der Waals surface area (Å²) in [5.74, 6) is -0.902. The quantitative estimate of drug-likeness (QED) is 0.783. The van der Waals surface area contributed by atoms with Crippen LogP contribution in [0.2, 0.25) is 0 Å². The first-order chi connectivity index (χ1) is 11.7. The molecule has 0 fully saturated rings. The number of carbonyl (C=O) groups is 2. The highest BCUT2D eigenvalue weighted by molar-refractivity contribution is 7.90. The van der Waals surface area contributed by atoms with Crippen molar-refractivity contribution in [2.45, 2.75) is 11.4 Å². The monoisotopic (exact) mass is 383 g/mol. The molecule has 0 atom stereocenters. The zero-order valence-corrected chi connectivity index (χ0v) is 15.3. The van der Waals surface area contributed by atoms with E-state index >= 15 is 0 Å². The number of amides is 1. The SMILES string of the molecule is CN(Cc1ccc(OCC(=O)O)cc1)C(=O)c1cc(S(C)(=O)=O)cs1. The predicted molar refractivity (Wildman–Crippen MR) is 92.8 cm³/mol. The summed E-state index contributed by atoms with van der Waals surface area (Å²) in [6.07, 6.45) is 1.10. The fraction of sp³-hybridized carbons (Fsp3) is 0.250. The molecule has 1 aromatic carbocycles. The molecule has 0 aliphatic rings. The first kappa shape index (κ1) is 18.9. The van der Waals surface area contributed by atoms with E-state index in [2.05, 4.69) is 0 Å². The van der Waals surface area contributed by atoms with Crippen molar-refractivity contribution >= 4 is 33.1 Å². The second-order valence-electron chi connectivity index (χ2n) is 5.41. The van der Waals surface area contributed by atoms with E-state index in [9.17, 15) is 18.0 Å². The van der Waals surface area contributed by atoms with E-state index in [1.807, 2.05) is 0 Å². The van der Waals surface area contributed by atoms with E-state index in [0.717, 1.165) is 23.2 Å². The van der Waals surface area contributed by atoms with Gasteiger partial charge in [-0.15, -0.1) is 11.3 Å². The number of carboxylic acids is 1. The number of nitrogens with zero attached hydrogens (tertiary/aromatic N) is 1. The number of hydrogen-bond donors (Lipinski definition) is 1. The van der Waals surface area contributed by atoms with Crippen molar-refractivity contribution in [2.24, 2.45) is 0 Å². The molecule has 0 saturated heterocycles. The lowest BCUT2D eigenvalue weighted by Crippen LogP contribution is -2.25. The third-order valence-electron chi connectivity index (χ3n) is 3.27. The van der Waals surface area contributed by atoms with Gasteiger partial charge in [-0.3, -0.25) is 4.79 Å². The van der Waals surface area contributed by atoms with Crippen molar-refractivity contribution in [3.05, 3.63) is 46.2 Å². The van der Waals surface area contributed by atoms with Crippen molar-refractivity contribution in [1.82, 2.24) is 4.90 Å². The standard InChI is InChI=1S/C16H17NO6S2/c1-17(16(20)14-7-13(10-24-14)25(2,21)22)8-11-3-5-12(6-4-11)23-9-15(18)19/h3-7,10H,8-9H2,1-2H3,(H,18,19). The average molecular weight is 383 g/mol. The van der Waals surface area contributed by atoms with Crippen LogP contribution < -0.4 is 4.74 Å². The van der Waals surface area contributed by atoms with Crippen LogP contribution in [-0.4, -0.2) is 50.2 Å². The summed E-state index contributed by atoms with van der Waals surface area (Å²) in [4.78, 5) is 24.8. The smallest absolute Gasteiger partial charge is 0.341 e. The summed E-state index contributed by atoms with van der Waals surface area (Å²) in [6, 6.07) is 8.10. The molecular weight excluding hydrogens is 366 g/mol. The normalized spacial score (nSPS) is 11.1. The van der Waals surface area contributed by atoms with Gasteiger partial charge in [0.05, 0.1) is 9.77 Å². The van der Waals surface area contributed by atoms with Gasteiger partial charge >= 0.3 is 5.97 Å². The van der Waals surface area contributed by atoms with E-state index in [-0.39, 0.29) is 10.8 Å². The number of ether oxygens (including phenoxy) is 1. The molecule has 1 aromatic heterocycles. The third kappa shape index (κ3) is 5.30. The van der Waals surface area contributed by atoms with Crippen LogP contribution in [0.1, 0.15) is 15.2 Å². The van der Waals surface area contributed by atoms with Crippen molar-refractivity contribution in [2.75, 3.05) is 19.9 Å². The summed E-state index contributed by atoms with van der Waals surface area (Å²) < 4.78 is 28.0. The first-order valence-electron chi connectivity index (χ1n) is 7.14. The Bertz CT molecular complexity index is 870. The van der Waals surface area contributed by atoms with Crippen LogP contribution in [-0.2, 0) is 21.2 Å². The Morgan fingerprint density at radius 3 is 2.40 bits per heavy atom. The molecule has 7 nitrogen and oxygen atoms in total. The minimum absolute atomic E-state index is 0.134. The van der Waals surface area contributed by atoms with Gasteiger partial charge in [0.1, 0.15) is 5.75 Å². The molecule has 0 aliphatic heterocycles. The lowest BCUT2D eigenvalue weighted by Gasteiger charge is -2.16. The molecule has 2 aromatic rings. The Morgan fingerprint density at radius 2 is 1.88 bits per heavy atom. The van der Waals surface area contributed by atoms with Crippen LogP contribution in [0.3, 0.4) is 0 Å². The van der Waals surface area contributed by atoms with Gasteiger partial charge < -0.3 is 14.7 Å². The molecule has 2 rings (SSSR count). The number of carboxylic acid groups (broad SMARTS) is 1. The van der Waals surface area contributed by atoms with Crippen LogP contribution in [0.5, 0.6) is 5.75 Å².